The van der Waals surface area contributed by atoms with Gasteiger partial charge in [-0.3, -0.25) is 4.79 Å². The summed E-state index contributed by atoms with van der Waals surface area (Å²) < 4.78 is 25.3. The van der Waals surface area contributed by atoms with Crippen LogP contribution in [0.3, 0.4) is 0 Å². The summed E-state index contributed by atoms with van der Waals surface area (Å²) in [4.78, 5) is 20.0. The van der Waals surface area contributed by atoms with Crippen LogP contribution in [-0.4, -0.2) is 33.9 Å². The predicted molar refractivity (Wildman–Crippen MR) is 65.4 cm³/mol. The zero-order valence-corrected chi connectivity index (χ0v) is 10.7. The van der Waals surface area contributed by atoms with E-state index in [2.05, 4.69) is 25.6 Å². The van der Waals surface area contributed by atoms with E-state index in [1.807, 2.05) is 0 Å². The molecule has 0 bridgehead atoms. The third kappa shape index (κ3) is 7.22. The fourth-order valence-electron chi connectivity index (χ4n) is 1.47. The zero-order valence-electron chi connectivity index (χ0n) is 10.7. The van der Waals surface area contributed by atoms with Crippen LogP contribution < -0.4 is 10.6 Å². The third-order valence-electron chi connectivity index (χ3n) is 2.34. The van der Waals surface area contributed by atoms with Crippen molar-refractivity contribution in [2.45, 2.75) is 32.6 Å². The van der Waals surface area contributed by atoms with Crippen molar-refractivity contribution in [1.82, 2.24) is 20.3 Å². The van der Waals surface area contributed by atoms with Crippen molar-refractivity contribution in [2.75, 3.05) is 18.4 Å². The van der Waals surface area contributed by atoms with Gasteiger partial charge in [-0.15, -0.1) is 0 Å². The lowest BCUT2D eigenvalue weighted by atomic mass is 10.2. The number of hydrogen-bond donors (Lipinski definition) is 2. The van der Waals surface area contributed by atoms with Crippen molar-refractivity contribution in [2.24, 2.45) is 0 Å². The van der Waals surface area contributed by atoms with Crippen molar-refractivity contribution < 1.29 is 13.6 Å². The maximum atomic E-state index is 12.6. The van der Waals surface area contributed by atoms with Crippen molar-refractivity contribution in [3.05, 3.63) is 12.2 Å². The van der Waals surface area contributed by atoms with Crippen molar-refractivity contribution >= 4 is 11.9 Å². The number of hydrogen-bond acceptors (Lipinski definition) is 5. The molecule has 1 aromatic heterocycles. The largest absolute Gasteiger partial charge is 0.356 e. The van der Waals surface area contributed by atoms with Gasteiger partial charge in [-0.1, -0.05) is 12.8 Å². The van der Waals surface area contributed by atoms with Crippen LogP contribution in [0.15, 0.2) is 0 Å². The molecule has 1 aromatic rings. The summed E-state index contributed by atoms with van der Waals surface area (Å²) in [6.45, 7) is 2.69. The molecule has 2 N–H and O–H groups in total. The van der Waals surface area contributed by atoms with Crippen molar-refractivity contribution in [3.63, 3.8) is 0 Å². The zero-order chi connectivity index (χ0) is 14.1. The highest BCUT2D eigenvalue weighted by Gasteiger charge is 2.04. The summed E-state index contributed by atoms with van der Waals surface area (Å²) in [5.41, 5.74) is 0. The van der Waals surface area contributed by atoms with Gasteiger partial charge in [0.1, 0.15) is 0 Å². The van der Waals surface area contributed by atoms with Gasteiger partial charge in [0.15, 0.2) is 0 Å². The quantitative estimate of drug-likeness (QED) is 0.697. The molecular weight excluding hydrogens is 256 g/mol. The molecule has 1 rings (SSSR count). The van der Waals surface area contributed by atoms with Crippen molar-refractivity contribution in [3.8, 4) is 0 Å². The summed E-state index contributed by atoms with van der Waals surface area (Å²) in [5.74, 6) is -0.121. The summed E-state index contributed by atoms with van der Waals surface area (Å²) in [7, 11) is 0. The molecule has 0 aromatic carbocycles. The molecule has 0 saturated heterocycles. The second kappa shape index (κ2) is 8.28. The number of carbonyl (C=O) groups excluding carboxylic acids is 1. The first-order valence-corrected chi connectivity index (χ1v) is 6.13. The smallest absolute Gasteiger partial charge is 0.315 e. The molecule has 0 radical (unpaired) electrons. The average molecular weight is 273 g/mol. The van der Waals surface area contributed by atoms with Gasteiger partial charge in [0.05, 0.1) is 0 Å². The van der Waals surface area contributed by atoms with Gasteiger partial charge in [-0.2, -0.15) is 23.7 Å². The first-order chi connectivity index (χ1) is 9.08. The van der Waals surface area contributed by atoms with Crippen LogP contribution >= 0.6 is 0 Å². The fourth-order valence-corrected chi connectivity index (χ4v) is 1.47. The van der Waals surface area contributed by atoms with Crippen LogP contribution in [0.2, 0.25) is 0 Å². The maximum Gasteiger partial charge on any atom is 0.315 e. The molecule has 0 spiro atoms. The maximum absolute atomic E-state index is 12.6. The van der Waals surface area contributed by atoms with E-state index in [1.54, 1.807) is 0 Å². The van der Waals surface area contributed by atoms with E-state index in [0.29, 0.717) is 13.1 Å². The summed E-state index contributed by atoms with van der Waals surface area (Å²) in [5, 5.41) is 5.43. The van der Waals surface area contributed by atoms with Crippen LogP contribution in [0.1, 0.15) is 32.6 Å². The molecule has 0 fully saturated rings. The molecule has 1 amide bonds. The second-order valence-electron chi connectivity index (χ2n) is 4.02. The number of amides is 1. The molecular formula is C11H17F2N5O. The van der Waals surface area contributed by atoms with E-state index in [1.165, 1.54) is 6.92 Å². The number of aromatic nitrogens is 3. The minimum Gasteiger partial charge on any atom is -0.356 e. The molecule has 0 aliphatic rings. The predicted octanol–water partition coefficient (Wildman–Crippen LogP) is 1.26. The summed E-state index contributed by atoms with van der Waals surface area (Å²) in [6.07, 6.45) is 1.39. The van der Waals surface area contributed by atoms with Crippen molar-refractivity contribution in [1.29, 1.82) is 0 Å². The lowest BCUT2D eigenvalue weighted by Gasteiger charge is -2.04. The Bertz CT molecular complexity index is 396. The molecule has 6 nitrogen and oxygen atoms in total. The lowest BCUT2D eigenvalue weighted by molar-refractivity contribution is -0.118. The topological polar surface area (TPSA) is 79.8 Å². The van der Waals surface area contributed by atoms with E-state index in [-0.39, 0.29) is 11.9 Å². The molecule has 0 aliphatic carbocycles. The Hall–Kier alpha value is -1.86. The Kier molecular flexibility index (Phi) is 6.62. The number of rotatable bonds is 8. The van der Waals surface area contributed by atoms with Crippen LogP contribution in [0.5, 0.6) is 0 Å². The van der Waals surface area contributed by atoms with E-state index in [9.17, 15) is 13.6 Å². The fraction of sp³-hybridized carbons (Fsp3) is 0.636. The van der Waals surface area contributed by atoms with Crippen LogP contribution in [0.4, 0.5) is 14.7 Å². The number of unbranched alkanes of at least 4 members (excludes halogenated alkanes) is 3. The minimum atomic E-state index is -1.13. The van der Waals surface area contributed by atoms with E-state index in [0.717, 1.165) is 25.7 Å². The minimum absolute atomic E-state index is 0.0273. The van der Waals surface area contributed by atoms with Gasteiger partial charge in [-0.25, -0.2) is 0 Å². The van der Waals surface area contributed by atoms with Gasteiger partial charge in [-0.05, 0) is 12.8 Å². The first kappa shape index (κ1) is 15.2. The van der Waals surface area contributed by atoms with Gasteiger partial charge in [0.25, 0.3) is 0 Å². The molecule has 8 heteroatoms. The van der Waals surface area contributed by atoms with E-state index < -0.39 is 12.2 Å². The number of nitrogens with one attached hydrogen (secondary N) is 2. The van der Waals surface area contributed by atoms with Gasteiger partial charge in [0.2, 0.25) is 11.9 Å². The highest BCUT2D eigenvalue weighted by molar-refractivity contribution is 5.72. The first-order valence-electron chi connectivity index (χ1n) is 6.13. The highest BCUT2D eigenvalue weighted by Crippen LogP contribution is 2.02. The van der Waals surface area contributed by atoms with Gasteiger partial charge in [0, 0.05) is 20.0 Å². The Labute approximate surface area is 110 Å². The monoisotopic (exact) mass is 273 g/mol. The third-order valence-corrected chi connectivity index (χ3v) is 2.34. The Balaban J connectivity index is 2.06. The Morgan fingerprint density at radius 2 is 1.58 bits per heavy atom. The molecule has 0 atom stereocenters. The Morgan fingerprint density at radius 1 is 1.00 bits per heavy atom. The molecule has 0 saturated carbocycles. The number of nitrogens with zero attached hydrogens (tertiary/aromatic N) is 3. The molecule has 0 aliphatic heterocycles. The Morgan fingerprint density at radius 3 is 2.16 bits per heavy atom. The SMILES string of the molecule is CC(=O)NCCCCCCNc1nc(F)nc(F)n1. The molecule has 1 heterocycles. The van der Waals surface area contributed by atoms with Crippen LogP contribution in [0, 0.1) is 12.2 Å². The number of anilines is 1. The second-order valence-corrected chi connectivity index (χ2v) is 4.02. The van der Waals surface area contributed by atoms with E-state index >= 15 is 0 Å². The standard InChI is InChI=1S/C11H17F2N5O/c1-8(19)14-6-4-2-3-5-7-15-11-17-9(12)16-10(13)18-11/h2-7H2,1H3,(H,14,19)(H,15,16,17,18). The number of carbonyl (C=O) groups is 1. The summed E-state index contributed by atoms with van der Waals surface area (Å²) >= 11 is 0. The number of halogens is 2. The molecule has 106 valence electrons. The molecule has 19 heavy (non-hydrogen) atoms. The van der Waals surface area contributed by atoms with Gasteiger partial charge < -0.3 is 10.6 Å². The lowest BCUT2D eigenvalue weighted by Crippen LogP contribution is -2.20. The van der Waals surface area contributed by atoms with Crippen LogP contribution in [0.25, 0.3) is 0 Å². The van der Waals surface area contributed by atoms with Crippen LogP contribution in [-0.2, 0) is 4.79 Å². The van der Waals surface area contributed by atoms with Gasteiger partial charge >= 0.3 is 12.2 Å². The van der Waals surface area contributed by atoms with E-state index in [4.69, 9.17) is 0 Å². The average Bonchev–Trinajstić information content (AvgIpc) is 2.31. The molecule has 0 unspecified atom stereocenters. The normalized spacial score (nSPS) is 10.3. The highest BCUT2D eigenvalue weighted by atomic mass is 19.1. The summed E-state index contributed by atoms with van der Waals surface area (Å²) in [6, 6.07) is 0.